The number of aryl methyl sites for hydroxylation is 2. The van der Waals surface area contributed by atoms with Crippen molar-refractivity contribution in [1.82, 2.24) is 9.97 Å². The lowest BCUT2D eigenvalue weighted by Gasteiger charge is -2.23. The summed E-state index contributed by atoms with van der Waals surface area (Å²) < 4.78 is 0. The Bertz CT molecular complexity index is 543. The molecule has 1 heterocycles. The summed E-state index contributed by atoms with van der Waals surface area (Å²) in [5.74, 6) is 2.35. The van der Waals surface area contributed by atoms with E-state index in [2.05, 4.69) is 52.1 Å². The number of hydrogen-bond acceptors (Lipinski definition) is 3. The molecule has 1 aromatic heterocycles. The molecule has 1 aromatic carbocycles. The van der Waals surface area contributed by atoms with E-state index in [-0.39, 0.29) is 0 Å². The van der Waals surface area contributed by atoms with Crippen molar-refractivity contribution in [3.8, 4) is 0 Å². The summed E-state index contributed by atoms with van der Waals surface area (Å²) in [6, 6.07) is 12.4. The molecule has 106 valence electrons. The molecule has 0 N–H and O–H groups in total. The zero-order valence-electron chi connectivity index (χ0n) is 12.0. The van der Waals surface area contributed by atoms with Gasteiger partial charge in [-0.1, -0.05) is 37.3 Å². The SMILES string of the molecule is CCc1cc(N(CCCl)Cc2ccccc2)nc(C)n1. The number of hydrogen-bond donors (Lipinski definition) is 0. The molecule has 0 amide bonds. The van der Waals surface area contributed by atoms with Gasteiger partial charge in [-0.05, 0) is 18.9 Å². The lowest BCUT2D eigenvalue weighted by molar-refractivity contribution is 0.800. The summed E-state index contributed by atoms with van der Waals surface area (Å²) >= 11 is 5.94. The molecular weight excluding hydrogens is 270 g/mol. The minimum absolute atomic E-state index is 0.581. The molecule has 2 rings (SSSR count). The van der Waals surface area contributed by atoms with E-state index in [1.807, 2.05) is 13.0 Å². The van der Waals surface area contributed by atoms with E-state index in [0.29, 0.717) is 5.88 Å². The highest BCUT2D eigenvalue weighted by Gasteiger charge is 2.10. The highest BCUT2D eigenvalue weighted by Crippen LogP contribution is 2.16. The molecule has 0 unspecified atom stereocenters. The van der Waals surface area contributed by atoms with Crippen LogP contribution in [-0.2, 0) is 13.0 Å². The molecule has 0 bridgehead atoms. The van der Waals surface area contributed by atoms with E-state index in [9.17, 15) is 0 Å². The smallest absolute Gasteiger partial charge is 0.132 e. The van der Waals surface area contributed by atoms with Crippen molar-refractivity contribution in [2.45, 2.75) is 26.8 Å². The van der Waals surface area contributed by atoms with Crippen LogP contribution in [0.1, 0.15) is 24.0 Å². The first-order valence-electron chi connectivity index (χ1n) is 6.92. The van der Waals surface area contributed by atoms with Crippen LogP contribution in [0.5, 0.6) is 0 Å². The molecule has 20 heavy (non-hydrogen) atoms. The molecule has 0 aliphatic carbocycles. The second-order valence-electron chi connectivity index (χ2n) is 4.71. The lowest BCUT2D eigenvalue weighted by Crippen LogP contribution is -2.26. The van der Waals surface area contributed by atoms with Crippen LogP contribution in [0.25, 0.3) is 0 Å². The molecule has 2 aromatic rings. The minimum Gasteiger partial charge on any atom is -0.351 e. The molecule has 0 spiro atoms. The third-order valence-corrected chi connectivity index (χ3v) is 3.30. The average Bonchev–Trinajstić information content (AvgIpc) is 2.47. The largest absolute Gasteiger partial charge is 0.351 e. The highest BCUT2D eigenvalue weighted by atomic mass is 35.5. The summed E-state index contributed by atoms with van der Waals surface area (Å²) in [5, 5.41) is 0. The molecule has 0 saturated carbocycles. The Kier molecular flexibility index (Phi) is 5.36. The second-order valence-corrected chi connectivity index (χ2v) is 5.09. The fraction of sp³-hybridized carbons (Fsp3) is 0.375. The summed E-state index contributed by atoms with van der Waals surface area (Å²) in [7, 11) is 0. The standard InChI is InChI=1S/C16H20ClN3/c1-3-15-11-16(19-13(2)18-15)20(10-9-17)12-14-7-5-4-6-8-14/h4-8,11H,3,9-10,12H2,1-2H3. The molecule has 0 fully saturated rings. The van der Waals surface area contributed by atoms with Gasteiger partial charge in [0, 0.05) is 30.7 Å². The predicted molar refractivity (Wildman–Crippen MR) is 84.4 cm³/mol. The van der Waals surface area contributed by atoms with Crippen LogP contribution in [0.3, 0.4) is 0 Å². The van der Waals surface area contributed by atoms with Gasteiger partial charge in [0.1, 0.15) is 11.6 Å². The number of aromatic nitrogens is 2. The van der Waals surface area contributed by atoms with Crippen LogP contribution in [0.4, 0.5) is 5.82 Å². The van der Waals surface area contributed by atoms with Crippen molar-refractivity contribution in [2.75, 3.05) is 17.3 Å². The van der Waals surface area contributed by atoms with Gasteiger partial charge < -0.3 is 4.90 Å². The van der Waals surface area contributed by atoms with Crippen molar-refractivity contribution < 1.29 is 0 Å². The van der Waals surface area contributed by atoms with Gasteiger partial charge in [0.25, 0.3) is 0 Å². The van der Waals surface area contributed by atoms with Crippen LogP contribution >= 0.6 is 11.6 Å². The van der Waals surface area contributed by atoms with Gasteiger partial charge in [-0.2, -0.15) is 0 Å². The molecule has 4 heteroatoms. The van der Waals surface area contributed by atoms with E-state index in [4.69, 9.17) is 11.6 Å². The van der Waals surface area contributed by atoms with E-state index >= 15 is 0 Å². The molecule has 0 atom stereocenters. The summed E-state index contributed by atoms with van der Waals surface area (Å²) in [6.07, 6.45) is 0.913. The van der Waals surface area contributed by atoms with Crippen LogP contribution < -0.4 is 4.90 Å². The van der Waals surface area contributed by atoms with Crippen LogP contribution in [-0.4, -0.2) is 22.4 Å². The van der Waals surface area contributed by atoms with E-state index in [0.717, 1.165) is 36.8 Å². The third kappa shape index (κ3) is 3.94. The fourth-order valence-electron chi connectivity index (χ4n) is 2.14. The van der Waals surface area contributed by atoms with Crippen LogP contribution in [0, 0.1) is 6.92 Å². The van der Waals surface area contributed by atoms with Gasteiger partial charge in [-0.15, -0.1) is 11.6 Å². The maximum absolute atomic E-state index is 5.94. The Morgan fingerprint density at radius 1 is 1.15 bits per heavy atom. The van der Waals surface area contributed by atoms with E-state index in [1.165, 1.54) is 5.56 Å². The van der Waals surface area contributed by atoms with Gasteiger partial charge in [0.15, 0.2) is 0 Å². The van der Waals surface area contributed by atoms with Crippen molar-refractivity contribution in [2.24, 2.45) is 0 Å². The molecule has 0 radical (unpaired) electrons. The first kappa shape index (κ1) is 14.8. The molecule has 0 aliphatic rings. The Morgan fingerprint density at radius 2 is 1.90 bits per heavy atom. The van der Waals surface area contributed by atoms with Gasteiger partial charge in [0.2, 0.25) is 0 Å². The predicted octanol–water partition coefficient (Wildman–Crippen LogP) is 3.59. The van der Waals surface area contributed by atoms with Crippen molar-refractivity contribution in [3.05, 3.63) is 53.5 Å². The van der Waals surface area contributed by atoms with Gasteiger partial charge in [-0.25, -0.2) is 9.97 Å². The number of halogens is 1. The van der Waals surface area contributed by atoms with Crippen molar-refractivity contribution in [1.29, 1.82) is 0 Å². The average molecular weight is 290 g/mol. The number of rotatable bonds is 6. The van der Waals surface area contributed by atoms with Gasteiger partial charge >= 0.3 is 0 Å². The normalized spacial score (nSPS) is 10.6. The second kappa shape index (κ2) is 7.25. The Hall–Kier alpha value is -1.61. The van der Waals surface area contributed by atoms with E-state index in [1.54, 1.807) is 0 Å². The Labute approximate surface area is 125 Å². The lowest BCUT2D eigenvalue weighted by atomic mass is 10.2. The topological polar surface area (TPSA) is 29.0 Å². The Morgan fingerprint density at radius 3 is 2.55 bits per heavy atom. The molecule has 0 saturated heterocycles. The highest BCUT2D eigenvalue weighted by molar-refractivity contribution is 6.18. The van der Waals surface area contributed by atoms with Gasteiger partial charge in [0.05, 0.1) is 0 Å². The summed E-state index contributed by atoms with van der Waals surface area (Å²) in [4.78, 5) is 11.2. The Balaban J connectivity index is 2.26. The summed E-state index contributed by atoms with van der Waals surface area (Å²) in [5.41, 5.74) is 2.33. The first-order chi connectivity index (χ1) is 9.72. The fourth-order valence-corrected chi connectivity index (χ4v) is 2.34. The molecule has 3 nitrogen and oxygen atoms in total. The van der Waals surface area contributed by atoms with Gasteiger partial charge in [-0.3, -0.25) is 0 Å². The number of anilines is 1. The zero-order valence-corrected chi connectivity index (χ0v) is 12.8. The number of benzene rings is 1. The maximum Gasteiger partial charge on any atom is 0.132 e. The molecule has 0 aliphatic heterocycles. The monoisotopic (exact) mass is 289 g/mol. The first-order valence-corrected chi connectivity index (χ1v) is 7.45. The van der Waals surface area contributed by atoms with Crippen LogP contribution in [0.2, 0.25) is 0 Å². The minimum atomic E-state index is 0.581. The number of alkyl halides is 1. The van der Waals surface area contributed by atoms with Crippen molar-refractivity contribution in [3.63, 3.8) is 0 Å². The summed E-state index contributed by atoms with van der Waals surface area (Å²) in [6.45, 7) is 5.63. The quantitative estimate of drug-likeness (QED) is 0.761. The number of nitrogens with zero attached hydrogens (tertiary/aromatic N) is 3. The van der Waals surface area contributed by atoms with E-state index < -0.39 is 0 Å². The van der Waals surface area contributed by atoms with Crippen LogP contribution in [0.15, 0.2) is 36.4 Å². The molecular formula is C16H20ClN3. The van der Waals surface area contributed by atoms with Crippen molar-refractivity contribution >= 4 is 17.4 Å². The third-order valence-electron chi connectivity index (χ3n) is 3.13. The zero-order chi connectivity index (χ0) is 14.4. The maximum atomic E-state index is 5.94.